The molecule has 1 aliphatic rings. The quantitative estimate of drug-likeness (QED) is 0.894. The minimum atomic E-state index is -0.930. The summed E-state index contributed by atoms with van der Waals surface area (Å²) in [4.78, 5) is 24.8. The smallest absolute Gasteiger partial charge is 0.335 e. The summed E-state index contributed by atoms with van der Waals surface area (Å²) in [6.07, 6.45) is 1.66. The van der Waals surface area contributed by atoms with Gasteiger partial charge in [0.15, 0.2) is 0 Å². The van der Waals surface area contributed by atoms with Crippen molar-refractivity contribution in [1.29, 1.82) is 0 Å². The van der Waals surface area contributed by atoms with E-state index in [0.29, 0.717) is 13.0 Å². The number of hydrogen-bond acceptors (Lipinski definition) is 2. The minimum Gasteiger partial charge on any atom is -0.478 e. The van der Waals surface area contributed by atoms with Gasteiger partial charge < -0.3 is 15.3 Å². The molecule has 2 rings (SSSR count). The monoisotopic (exact) mass is 290 g/mol. The molecule has 1 aromatic carbocycles. The molecule has 2 amide bonds. The summed E-state index contributed by atoms with van der Waals surface area (Å²) in [7, 11) is 0. The van der Waals surface area contributed by atoms with E-state index >= 15 is 0 Å². The number of carbonyl (C=O) groups excluding carboxylic acids is 1. The first-order valence-electron chi connectivity index (χ1n) is 7.22. The zero-order valence-corrected chi connectivity index (χ0v) is 12.6. The van der Waals surface area contributed by atoms with E-state index in [9.17, 15) is 9.59 Å². The van der Waals surface area contributed by atoms with Crippen LogP contribution in [0.5, 0.6) is 0 Å². The molecule has 0 atom stereocenters. The van der Waals surface area contributed by atoms with Crippen molar-refractivity contribution in [3.8, 4) is 0 Å². The van der Waals surface area contributed by atoms with Gasteiger partial charge in [0.25, 0.3) is 0 Å². The fraction of sp³-hybridized carbons (Fsp3) is 0.500. The summed E-state index contributed by atoms with van der Waals surface area (Å²) in [5, 5.41) is 11.8. The largest absolute Gasteiger partial charge is 0.478 e. The molecule has 1 aromatic rings. The standard InChI is InChI=1S/C16H22N2O3/c1-16(2)7-9-18(11-16)15(21)17-8-6-12-4-3-5-13(10-12)14(19)20/h3-5,10H,6-9,11H2,1-2H3,(H,17,21)(H,19,20). The van der Waals surface area contributed by atoms with Crippen molar-refractivity contribution < 1.29 is 14.7 Å². The van der Waals surface area contributed by atoms with Crippen LogP contribution in [0.2, 0.25) is 0 Å². The number of likely N-dealkylation sites (tertiary alicyclic amines) is 1. The van der Waals surface area contributed by atoms with E-state index in [1.807, 2.05) is 11.0 Å². The maximum Gasteiger partial charge on any atom is 0.335 e. The first kappa shape index (κ1) is 15.4. The fourth-order valence-corrected chi connectivity index (χ4v) is 2.57. The highest BCUT2D eigenvalue weighted by Gasteiger charge is 2.31. The van der Waals surface area contributed by atoms with Crippen LogP contribution in [-0.4, -0.2) is 41.6 Å². The van der Waals surface area contributed by atoms with Gasteiger partial charge in [0.05, 0.1) is 5.56 Å². The zero-order valence-electron chi connectivity index (χ0n) is 12.6. The number of amides is 2. The molecule has 2 N–H and O–H groups in total. The summed E-state index contributed by atoms with van der Waals surface area (Å²) in [6, 6.07) is 6.78. The second-order valence-electron chi connectivity index (χ2n) is 6.32. The third-order valence-corrected chi connectivity index (χ3v) is 3.83. The highest BCUT2D eigenvalue weighted by molar-refractivity contribution is 5.87. The Morgan fingerprint density at radius 1 is 1.38 bits per heavy atom. The molecule has 1 saturated heterocycles. The molecule has 0 spiro atoms. The van der Waals surface area contributed by atoms with E-state index < -0.39 is 5.97 Å². The van der Waals surface area contributed by atoms with E-state index in [0.717, 1.165) is 25.1 Å². The Morgan fingerprint density at radius 3 is 2.76 bits per heavy atom. The molecule has 1 heterocycles. The van der Waals surface area contributed by atoms with Crippen molar-refractivity contribution >= 4 is 12.0 Å². The predicted molar refractivity (Wildman–Crippen MR) is 80.5 cm³/mol. The van der Waals surface area contributed by atoms with Crippen LogP contribution in [0.15, 0.2) is 24.3 Å². The Morgan fingerprint density at radius 2 is 2.14 bits per heavy atom. The SMILES string of the molecule is CC1(C)CCN(C(=O)NCCc2cccc(C(=O)O)c2)C1. The van der Waals surface area contributed by atoms with Gasteiger partial charge in [-0.15, -0.1) is 0 Å². The lowest BCUT2D eigenvalue weighted by Gasteiger charge is -2.20. The summed E-state index contributed by atoms with van der Waals surface area (Å²) in [6.45, 7) is 6.43. The summed E-state index contributed by atoms with van der Waals surface area (Å²) in [5.74, 6) is -0.930. The molecular weight excluding hydrogens is 268 g/mol. The third-order valence-electron chi connectivity index (χ3n) is 3.83. The van der Waals surface area contributed by atoms with Crippen LogP contribution >= 0.6 is 0 Å². The van der Waals surface area contributed by atoms with Gasteiger partial charge in [0, 0.05) is 19.6 Å². The van der Waals surface area contributed by atoms with E-state index in [1.54, 1.807) is 18.2 Å². The highest BCUT2D eigenvalue weighted by Crippen LogP contribution is 2.28. The van der Waals surface area contributed by atoms with E-state index in [-0.39, 0.29) is 17.0 Å². The van der Waals surface area contributed by atoms with E-state index in [1.165, 1.54) is 0 Å². The van der Waals surface area contributed by atoms with E-state index in [2.05, 4.69) is 19.2 Å². The number of carboxylic acid groups (broad SMARTS) is 1. The molecule has 1 fully saturated rings. The van der Waals surface area contributed by atoms with Crippen molar-refractivity contribution in [2.24, 2.45) is 5.41 Å². The van der Waals surface area contributed by atoms with Gasteiger partial charge in [-0.2, -0.15) is 0 Å². The third kappa shape index (κ3) is 4.21. The van der Waals surface area contributed by atoms with Crippen LogP contribution in [-0.2, 0) is 6.42 Å². The van der Waals surface area contributed by atoms with Crippen LogP contribution in [0.25, 0.3) is 0 Å². The number of benzene rings is 1. The lowest BCUT2D eigenvalue weighted by Crippen LogP contribution is -2.40. The van der Waals surface area contributed by atoms with Crippen LogP contribution in [0, 0.1) is 5.41 Å². The number of nitrogens with one attached hydrogen (secondary N) is 1. The summed E-state index contributed by atoms with van der Waals surface area (Å²) in [5.41, 5.74) is 1.39. The van der Waals surface area contributed by atoms with Crippen molar-refractivity contribution in [3.05, 3.63) is 35.4 Å². The van der Waals surface area contributed by atoms with Gasteiger partial charge in [0.1, 0.15) is 0 Å². The maximum absolute atomic E-state index is 12.0. The lowest BCUT2D eigenvalue weighted by molar-refractivity contribution is 0.0696. The maximum atomic E-state index is 12.0. The van der Waals surface area contributed by atoms with Crippen LogP contribution in [0.4, 0.5) is 4.79 Å². The molecule has 0 radical (unpaired) electrons. The van der Waals surface area contributed by atoms with Crippen molar-refractivity contribution in [2.75, 3.05) is 19.6 Å². The second kappa shape index (κ2) is 6.16. The average molecular weight is 290 g/mol. The molecule has 114 valence electrons. The summed E-state index contributed by atoms with van der Waals surface area (Å²) >= 11 is 0. The molecule has 0 saturated carbocycles. The normalized spacial score (nSPS) is 16.8. The number of aromatic carboxylic acids is 1. The molecule has 5 heteroatoms. The number of rotatable bonds is 4. The first-order valence-corrected chi connectivity index (χ1v) is 7.22. The van der Waals surface area contributed by atoms with Crippen molar-refractivity contribution in [1.82, 2.24) is 10.2 Å². The molecule has 21 heavy (non-hydrogen) atoms. The number of urea groups is 1. The Kier molecular flexibility index (Phi) is 4.50. The van der Waals surface area contributed by atoms with Gasteiger partial charge in [-0.05, 0) is 36.0 Å². The van der Waals surface area contributed by atoms with Gasteiger partial charge in [-0.1, -0.05) is 26.0 Å². The Balaban J connectivity index is 1.80. The number of carbonyl (C=O) groups is 2. The predicted octanol–water partition coefficient (Wildman–Crippen LogP) is 2.37. The molecule has 1 aliphatic heterocycles. The fourth-order valence-electron chi connectivity index (χ4n) is 2.57. The molecule has 0 aliphatic carbocycles. The minimum absolute atomic E-state index is 0.0324. The first-order chi connectivity index (χ1) is 9.87. The molecule has 5 nitrogen and oxygen atoms in total. The van der Waals surface area contributed by atoms with Gasteiger partial charge in [0.2, 0.25) is 0 Å². The zero-order chi connectivity index (χ0) is 15.5. The van der Waals surface area contributed by atoms with Crippen LogP contribution in [0.3, 0.4) is 0 Å². The summed E-state index contributed by atoms with van der Waals surface area (Å²) < 4.78 is 0. The van der Waals surface area contributed by atoms with Crippen molar-refractivity contribution in [2.45, 2.75) is 26.7 Å². The number of carboxylic acids is 1. The highest BCUT2D eigenvalue weighted by atomic mass is 16.4. The van der Waals surface area contributed by atoms with Gasteiger partial charge in [-0.25, -0.2) is 9.59 Å². The van der Waals surface area contributed by atoms with Crippen LogP contribution in [0.1, 0.15) is 36.2 Å². The van der Waals surface area contributed by atoms with Crippen molar-refractivity contribution in [3.63, 3.8) is 0 Å². The lowest BCUT2D eigenvalue weighted by atomic mass is 9.93. The molecular formula is C16H22N2O3. The Labute approximate surface area is 125 Å². The van der Waals surface area contributed by atoms with Gasteiger partial charge >= 0.3 is 12.0 Å². The molecule has 0 bridgehead atoms. The number of hydrogen-bond donors (Lipinski definition) is 2. The number of nitrogens with zero attached hydrogens (tertiary/aromatic N) is 1. The second-order valence-corrected chi connectivity index (χ2v) is 6.32. The van der Waals surface area contributed by atoms with Crippen LogP contribution < -0.4 is 5.32 Å². The molecule has 0 unspecified atom stereocenters. The molecule has 0 aromatic heterocycles. The average Bonchev–Trinajstić information content (AvgIpc) is 2.79. The van der Waals surface area contributed by atoms with E-state index in [4.69, 9.17) is 5.11 Å². The Hall–Kier alpha value is -2.04. The Bertz CT molecular complexity index is 540. The topological polar surface area (TPSA) is 69.6 Å². The van der Waals surface area contributed by atoms with Gasteiger partial charge in [-0.3, -0.25) is 0 Å².